The molecule has 0 aliphatic heterocycles. The zero-order valence-electron chi connectivity index (χ0n) is 9.68. The normalized spacial score (nSPS) is 10.7. The zero-order chi connectivity index (χ0) is 12.4. The van der Waals surface area contributed by atoms with Crippen molar-refractivity contribution in [3.8, 4) is 0 Å². The van der Waals surface area contributed by atoms with Crippen LogP contribution in [0.5, 0.6) is 0 Å². The number of nitrogens with one attached hydrogen (secondary N) is 1. The van der Waals surface area contributed by atoms with Crippen LogP contribution in [0, 0.1) is 0 Å². The van der Waals surface area contributed by atoms with Crippen molar-refractivity contribution in [2.45, 2.75) is 6.67 Å². The largest absolute Gasteiger partial charge is 0.366 e. The number of para-hydroxylation sites is 3. The first-order valence-corrected chi connectivity index (χ1v) is 6.11. The number of halogens is 1. The highest BCUT2D eigenvalue weighted by molar-refractivity contribution is 6.33. The number of rotatable bonds is 3. The summed E-state index contributed by atoms with van der Waals surface area (Å²) < 4.78 is 2.05. The maximum Gasteiger partial charge on any atom is 0.0973 e. The Morgan fingerprint density at radius 3 is 2.72 bits per heavy atom. The van der Waals surface area contributed by atoms with Gasteiger partial charge >= 0.3 is 0 Å². The Morgan fingerprint density at radius 2 is 1.83 bits per heavy atom. The molecule has 0 amide bonds. The molecule has 0 fully saturated rings. The molecule has 0 radical (unpaired) electrons. The molecule has 90 valence electrons. The van der Waals surface area contributed by atoms with Gasteiger partial charge in [0.15, 0.2) is 0 Å². The number of aromatic nitrogens is 2. The van der Waals surface area contributed by atoms with E-state index in [1.807, 2.05) is 48.8 Å². The second kappa shape index (κ2) is 4.70. The molecule has 0 saturated heterocycles. The maximum atomic E-state index is 6.10. The minimum absolute atomic E-state index is 0.643. The third-order valence-corrected chi connectivity index (χ3v) is 3.17. The van der Waals surface area contributed by atoms with Gasteiger partial charge in [0.1, 0.15) is 0 Å². The van der Waals surface area contributed by atoms with Gasteiger partial charge < -0.3 is 9.88 Å². The Kier molecular flexibility index (Phi) is 2.90. The zero-order valence-corrected chi connectivity index (χ0v) is 10.4. The van der Waals surface area contributed by atoms with E-state index in [1.54, 1.807) is 0 Å². The minimum atomic E-state index is 0.643. The van der Waals surface area contributed by atoms with Crippen LogP contribution in [0.2, 0.25) is 5.02 Å². The van der Waals surface area contributed by atoms with Crippen molar-refractivity contribution in [1.82, 2.24) is 9.55 Å². The Balaban J connectivity index is 1.83. The van der Waals surface area contributed by atoms with Crippen molar-refractivity contribution < 1.29 is 0 Å². The molecule has 0 spiro atoms. The molecule has 1 aromatic heterocycles. The van der Waals surface area contributed by atoms with Crippen molar-refractivity contribution in [3.05, 3.63) is 59.9 Å². The average molecular weight is 258 g/mol. The summed E-state index contributed by atoms with van der Waals surface area (Å²) in [5, 5.41) is 4.02. The molecule has 0 unspecified atom stereocenters. The number of anilines is 1. The summed E-state index contributed by atoms with van der Waals surface area (Å²) in [5.74, 6) is 0. The fraction of sp³-hybridized carbons (Fsp3) is 0.0714. The predicted molar refractivity (Wildman–Crippen MR) is 74.8 cm³/mol. The average Bonchev–Trinajstić information content (AvgIpc) is 2.81. The molecule has 18 heavy (non-hydrogen) atoms. The molecule has 0 atom stereocenters. The van der Waals surface area contributed by atoms with Gasteiger partial charge in [-0.15, -0.1) is 0 Å². The lowest BCUT2D eigenvalue weighted by Gasteiger charge is -2.09. The Hall–Kier alpha value is -2.00. The molecule has 0 aliphatic rings. The third-order valence-electron chi connectivity index (χ3n) is 2.84. The fourth-order valence-electron chi connectivity index (χ4n) is 1.91. The van der Waals surface area contributed by atoms with E-state index in [9.17, 15) is 0 Å². The summed E-state index contributed by atoms with van der Waals surface area (Å²) in [6, 6.07) is 15.8. The second-order valence-corrected chi connectivity index (χ2v) is 4.43. The topological polar surface area (TPSA) is 29.9 Å². The summed E-state index contributed by atoms with van der Waals surface area (Å²) >= 11 is 6.10. The van der Waals surface area contributed by atoms with Crippen LogP contribution < -0.4 is 5.32 Å². The van der Waals surface area contributed by atoms with Crippen LogP contribution in [0.1, 0.15) is 0 Å². The Labute approximate surface area is 110 Å². The van der Waals surface area contributed by atoms with Crippen LogP contribution in [0.25, 0.3) is 11.0 Å². The van der Waals surface area contributed by atoms with Gasteiger partial charge in [0, 0.05) is 0 Å². The van der Waals surface area contributed by atoms with E-state index in [0.717, 1.165) is 21.7 Å². The molecule has 1 N–H and O–H groups in total. The first kappa shape index (κ1) is 11.1. The van der Waals surface area contributed by atoms with Crippen molar-refractivity contribution in [3.63, 3.8) is 0 Å². The number of nitrogens with zero attached hydrogens (tertiary/aromatic N) is 2. The van der Waals surface area contributed by atoms with Gasteiger partial charge in [-0.2, -0.15) is 0 Å². The van der Waals surface area contributed by atoms with Crippen molar-refractivity contribution in [2.75, 3.05) is 5.32 Å². The van der Waals surface area contributed by atoms with Crippen LogP contribution in [0.4, 0.5) is 5.69 Å². The quantitative estimate of drug-likeness (QED) is 0.774. The van der Waals surface area contributed by atoms with Crippen molar-refractivity contribution in [2.24, 2.45) is 0 Å². The van der Waals surface area contributed by atoms with E-state index < -0.39 is 0 Å². The second-order valence-electron chi connectivity index (χ2n) is 4.02. The molecular formula is C14H12ClN3. The van der Waals surface area contributed by atoms with Gasteiger partial charge in [-0.3, -0.25) is 0 Å². The molecule has 3 rings (SSSR count). The van der Waals surface area contributed by atoms with E-state index in [-0.39, 0.29) is 0 Å². The molecule has 0 aliphatic carbocycles. The standard InChI is InChI=1S/C14H12ClN3/c15-11-5-1-2-6-12(11)16-9-18-10-17-13-7-3-4-8-14(13)18/h1-8,10,16H,9H2. The first-order valence-electron chi connectivity index (χ1n) is 5.73. The van der Waals surface area contributed by atoms with E-state index in [2.05, 4.69) is 20.9 Å². The van der Waals surface area contributed by atoms with Gasteiger partial charge in [0.05, 0.1) is 34.7 Å². The van der Waals surface area contributed by atoms with E-state index in [1.165, 1.54) is 0 Å². The van der Waals surface area contributed by atoms with Crippen LogP contribution in [-0.4, -0.2) is 9.55 Å². The number of fused-ring (bicyclic) bond motifs is 1. The number of benzene rings is 2. The summed E-state index contributed by atoms with van der Waals surface area (Å²) in [6.07, 6.45) is 1.83. The summed E-state index contributed by atoms with van der Waals surface area (Å²) in [7, 11) is 0. The number of hydrogen-bond acceptors (Lipinski definition) is 2. The van der Waals surface area contributed by atoms with Gasteiger partial charge in [0.25, 0.3) is 0 Å². The monoisotopic (exact) mass is 257 g/mol. The molecule has 3 nitrogen and oxygen atoms in total. The predicted octanol–water partition coefficient (Wildman–Crippen LogP) is 3.76. The van der Waals surface area contributed by atoms with E-state index in [0.29, 0.717) is 6.67 Å². The van der Waals surface area contributed by atoms with Gasteiger partial charge in [-0.1, -0.05) is 35.9 Å². The molecule has 1 heterocycles. The smallest absolute Gasteiger partial charge is 0.0973 e. The Morgan fingerprint density at radius 1 is 1.06 bits per heavy atom. The molecule has 0 bridgehead atoms. The lowest BCUT2D eigenvalue weighted by molar-refractivity contribution is 0.800. The van der Waals surface area contributed by atoms with E-state index in [4.69, 9.17) is 11.6 Å². The van der Waals surface area contributed by atoms with Crippen molar-refractivity contribution in [1.29, 1.82) is 0 Å². The summed E-state index contributed by atoms with van der Waals surface area (Å²) in [4.78, 5) is 4.34. The lowest BCUT2D eigenvalue weighted by atomic mass is 10.3. The number of imidazole rings is 1. The first-order chi connectivity index (χ1) is 8.84. The minimum Gasteiger partial charge on any atom is -0.366 e. The van der Waals surface area contributed by atoms with Crippen LogP contribution in [-0.2, 0) is 6.67 Å². The van der Waals surface area contributed by atoms with Gasteiger partial charge in [0.2, 0.25) is 0 Å². The summed E-state index contributed by atoms with van der Waals surface area (Å²) in [5.41, 5.74) is 3.03. The molecule has 2 aromatic carbocycles. The SMILES string of the molecule is Clc1ccccc1NCn1cnc2ccccc21. The summed E-state index contributed by atoms with van der Waals surface area (Å²) in [6.45, 7) is 0.643. The highest BCUT2D eigenvalue weighted by atomic mass is 35.5. The van der Waals surface area contributed by atoms with Crippen molar-refractivity contribution >= 4 is 28.3 Å². The highest BCUT2D eigenvalue weighted by Crippen LogP contribution is 2.21. The van der Waals surface area contributed by atoms with Crippen LogP contribution in [0.3, 0.4) is 0 Å². The third kappa shape index (κ3) is 2.05. The molecule has 0 saturated carbocycles. The lowest BCUT2D eigenvalue weighted by Crippen LogP contribution is -2.06. The Bertz CT molecular complexity index is 675. The fourth-order valence-corrected chi connectivity index (χ4v) is 2.11. The van der Waals surface area contributed by atoms with E-state index >= 15 is 0 Å². The number of hydrogen-bond donors (Lipinski definition) is 1. The molecule has 4 heteroatoms. The molecule has 3 aromatic rings. The van der Waals surface area contributed by atoms with Crippen LogP contribution >= 0.6 is 11.6 Å². The van der Waals surface area contributed by atoms with Gasteiger partial charge in [-0.25, -0.2) is 4.98 Å². The van der Waals surface area contributed by atoms with Crippen LogP contribution in [0.15, 0.2) is 54.9 Å². The molecular weight excluding hydrogens is 246 g/mol. The van der Waals surface area contributed by atoms with Gasteiger partial charge in [-0.05, 0) is 24.3 Å². The highest BCUT2D eigenvalue weighted by Gasteiger charge is 2.02. The maximum absolute atomic E-state index is 6.10.